The molecule has 1 aliphatic carbocycles. The third-order valence-corrected chi connectivity index (χ3v) is 7.90. The van der Waals surface area contributed by atoms with Crippen LogP contribution in [0.1, 0.15) is 44.7 Å². The highest BCUT2D eigenvalue weighted by Gasteiger charge is 2.47. The standard InChI is InChI=1S/C34H28N2O5/c1-20-10-12-23(13-11-20)30(37)19-41-34(40)28-18-29(35-31-21(2)6-5-9-25(28)31)22-14-16-24(17-15-22)36-32(38)26-7-3-4-8-27(26)33(36)39/h3-6,9-18,26-27H,7-8,19H2,1-2H3. The van der Waals surface area contributed by atoms with E-state index >= 15 is 0 Å². The van der Waals surface area contributed by atoms with Gasteiger partial charge in [-0.3, -0.25) is 19.3 Å². The molecule has 0 bridgehead atoms. The number of carbonyl (C=O) groups excluding carboxylic acids is 4. The minimum absolute atomic E-state index is 0.165. The van der Waals surface area contributed by atoms with Gasteiger partial charge < -0.3 is 4.74 Å². The number of ether oxygens (including phenoxy) is 1. The van der Waals surface area contributed by atoms with Gasteiger partial charge in [-0.25, -0.2) is 9.78 Å². The number of aryl methyl sites for hydroxylation is 2. The fraction of sp³-hybridized carbons (Fsp3) is 0.206. The molecule has 7 heteroatoms. The number of allylic oxidation sites excluding steroid dienone is 2. The van der Waals surface area contributed by atoms with E-state index in [1.165, 1.54) is 4.90 Å². The zero-order valence-electron chi connectivity index (χ0n) is 22.8. The fourth-order valence-electron chi connectivity index (χ4n) is 5.58. The van der Waals surface area contributed by atoms with E-state index in [0.717, 1.165) is 11.1 Å². The van der Waals surface area contributed by atoms with Crippen LogP contribution in [0.2, 0.25) is 0 Å². The van der Waals surface area contributed by atoms with E-state index in [1.807, 2.05) is 50.3 Å². The van der Waals surface area contributed by atoms with Gasteiger partial charge in [0.1, 0.15) is 0 Å². The van der Waals surface area contributed by atoms with Gasteiger partial charge in [0.25, 0.3) is 0 Å². The second-order valence-corrected chi connectivity index (χ2v) is 10.6. The summed E-state index contributed by atoms with van der Waals surface area (Å²) < 4.78 is 5.47. The van der Waals surface area contributed by atoms with Crippen LogP contribution in [0.5, 0.6) is 0 Å². The van der Waals surface area contributed by atoms with Gasteiger partial charge in [0.15, 0.2) is 12.4 Å². The Kier molecular flexibility index (Phi) is 6.79. The van der Waals surface area contributed by atoms with Crippen molar-refractivity contribution in [3.63, 3.8) is 0 Å². The molecule has 0 radical (unpaired) electrons. The van der Waals surface area contributed by atoms with Crippen LogP contribution in [0.3, 0.4) is 0 Å². The van der Waals surface area contributed by atoms with Crippen molar-refractivity contribution in [3.8, 4) is 11.3 Å². The maximum atomic E-state index is 13.3. The largest absolute Gasteiger partial charge is 0.454 e. The van der Waals surface area contributed by atoms with Gasteiger partial charge in [0.2, 0.25) is 11.8 Å². The third-order valence-electron chi connectivity index (χ3n) is 7.90. The Morgan fingerprint density at radius 1 is 0.878 bits per heavy atom. The number of ketones is 1. The predicted molar refractivity (Wildman–Crippen MR) is 156 cm³/mol. The molecule has 2 amide bonds. The SMILES string of the molecule is Cc1ccc(C(=O)COC(=O)c2cc(-c3ccc(N4C(=O)C5CC=CCC5C4=O)cc3)nc3c(C)cccc23)cc1. The van der Waals surface area contributed by atoms with Crippen LogP contribution in [0.25, 0.3) is 22.2 Å². The van der Waals surface area contributed by atoms with E-state index in [0.29, 0.717) is 51.8 Å². The van der Waals surface area contributed by atoms with Crippen LogP contribution in [-0.4, -0.2) is 35.2 Å². The lowest BCUT2D eigenvalue weighted by molar-refractivity contribution is -0.122. The first-order chi connectivity index (χ1) is 19.8. The summed E-state index contributed by atoms with van der Waals surface area (Å²) in [6, 6.07) is 21.4. The maximum absolute atomic E-state index is 13.3. The zero-order chi connectivity index (χ0) is 28.7. The second kappa shape index (κ2) is 10.6. The molecule has 7 nitrogen and oxygen atoms in total. The number of pyridine rings is 1. The van der Waals surface area contributed by atoms with Crippen molar-refractivity contribution in [2.24, 2.45) is 11.8 Å². The summed E-state index contributed by atoms with van der Waals surface area (Å²) in [5.74, 6) is -1.84. The van der Waals surface area contributed by atoms with Crippen LogP contribution in [0.15, 0.2) is 84.9 Å². The average Bonchev–Trinajstić information content (AvgIpc) is 3.25. The monoisotopic (exact) mass is 544 g/mol. The summed E-state index contributed by atoms with van der Waals surface area (Å²) >= 11 is 0. The summed E-state index contributed by atoms with van der Waals surface area (Å²) in [5, 5.41) is 0.627. The molecule has 0 spiro atoms. The van der Waals surface area contributed by atoms with Crippen molar-refractivity contribution >= 4 is 40.2 Å². The van der Waals surface area contributed by atoms with Crippen LogP contribution in [0, 0.1) is 25.7 Å². The summed E-state index contributed by atoms with van der Waals surface area (Å²) in [4.78, 5) is 58.0. The molecule has 41 heavy (non-hydrogen) atoms. The molecule has 2 unspecified atom stereocenters. The molecule has 204 valence electrons. The summed E-state index contributed by atoms with van der Waals surface area (Å²) in [7, 11) is 0. The molecule has 0 N–H and O–H groups in total. The molecule has 2 aliphatic rings. The number of hydrogen-bond donors (Lipinski definition) is 0. The number of rotatable bonds is 6. The highest BCUT2D eigenvalue weighted by atomic mass is 16.5. The molecule has 1 saturated heterocycles. The Labute approximate surface area is 237 Å². The van der Waals surface area contributed by atoms with Crippen LogP contribution in [-0.2, 0) is 14.3 Å². The topological polar surface area (TPSA) is 93.6 Å². The smallest absolute Gasteiger partial charge is 0.339 e. The molecular weight excluding hydrogens is 516 g/mol. The Morgan fingerprint density at radius 3 is 2.20 bits per heavy atom. The normalized spacial score (nSPS) is 18.0. The molecule has 4 aromatic rings. The lowest BCUT2D eigenvalue weighted by atomic mass is 9.85. The molecular formula is C34H28N2O5. The number of anilines is 1. The van der Waals surface area contributed by atoms with E-state index in [9.17, 15) is 19.2 Å². The highest BCUT2D eigenvalue weighted by Crippen LogP contribution is 2.38. The van der Waals surface area contributed by atoms with E-state index < -0.39 is 5.97 Å². The number of amides is 2. The molecule has 6 rings (SSSR count). The van der Waals surface area contributed by atoms with Gasteiger partial charge in [-0.2, -0.15) is 0 Å². The van der Waals surface area contributed by atoms with E-state index in [2.05, 4.69) is 0 Å². The molecule has 1 fully saturated rings. The molecule has 2 atom stereocenters. The van der Waals surface area contributed by atoms with Gasteiger partial charge in [-0.1, -0.05) is 72.3 Å². The maximum Gasteiger partial charge on any atom is 0.339 e. The summed E-state index contributed by atoms with van der Waals surface area (Å²) in [6.07, 6.45) is 5.10. The van der Waals surface area contributed by atoms with Crippen molar-refractivity contribution in [2.45, 2.75) is 26.7 Å². The Hall–Kier alpha value is -4.91. The van der Waals surface area contributed by atoms with Crippen LogP contribution in [0.4, 0.5) is 5.69 Å². The first kappa shape index (κ1) is 26.3. The molecule has 2 heterocycles. The summed E-state index contributed by atoms with van der Waals surface area (Å²) in [6.45, 7) is 3.47. The first-order valence-electron chi connectivity index (χ1n) is 13.6. The van der Waals surface area contributed by atoms with E-state index in [4.69, 9.17) is 9.72 Å². The quantitative estimate of drug-likeness (QED) is 0.128. The number of Topliss-reactive ketones (excluding diaryl/α,β-unsaturated/α-hetero) is 1. The number of para-hydroxylation sites is 1. The van der Waals surface area contributed by atoms with E-state index in [1.54, 1.807) is 48.5 Å². The van der Waals surface area contributed by atoms with Crippen molar-refractivity contribution in [1.82, 2.24) is 4.98 Å². The predicted octanol–water partition coefficient (Wildman–Crippen LogP) is 6.01. The number of imide groups is 1. The van der Waals surface area contributed by atoms with Crippen molar-refractivity contribution in [3.05, 3.63) is 107 Å². The molecule has 1 aromatic heterocycles. The molecule has 0 saturated carbocycles. The van der Waals surface area contributed by atoms with Gasteiger partial charge in [-0.05, 0) is 50.5 Å². The van der Waals surface area contributed by atoms with E-state index in [-0.39, 0.29) is 36.0 Å². The van der Waals surface area contributed by atoms with Crippen LogP contribution < -0.4 is 4.90 Å². The number of esters is 1. The van der Waals surface area contributed by atoms with Crippen molar-refractivity contribution in [1.29, 1.82) is 0 Å². The van der Waals surface area contributed by atoms with Gasteiger partial charge in [0, 0.05) is 16.5 Å². The average molecular weight is 545 g/mol. The van der Waals surface area contributed by atoms with Crippen molar-refractivity contribution in [2.75, 3.05) is 11.5 Å². The van der Waals surface area contributed by atoms with Gasteiger partial charge in [-0.15, -0.1) is 0 Å². The second-order valence-electron chi connectivity index (χ2n) is 10.6. The molecule has 3 aromatic carbocycles. The molecule has 1 aliphatic heterocycles. The van der Waals surface area contributed by atoms with Crippen molar-refractivity contribution < 1.29 is 23.9 Å². The van der Waals surface area contributed by atoms with Gasteiger partial charge in [0.05, 0.1) is 34.3 Å². The number of carbonyl (C=O) groups is 4. The van der Waals surface area contributed by atoms with Crippen LogP contribution >= 0.6 is 0 Å². The lowest BCUT2D eigenvalue weighted by Crippen LogP contribution is -2.30. The highest BCUT2D eigenvalue weighted by molar-refractivity contribution is 6.22. The minimum Gasteiger partial charge on any atom is -0.454 e. The fourth-order valence-corrected chi connectivity index (χ4v) is 5.58. The summed E-state index contributed by atoms with van der Waals surface area (Å²) in [5.41, 5.74) is 5.11. The first-order valence-corrected chi connectivity index (χ1v) is 13.6. The minimum atomic E-state index is -0.620. The third kappa shape index (κ3) is 4.84. The Morgan fingerprint density at radius 2 is 1.54 bits per heavy atom. The Bertz CT molecular complexity index is 1710. The zero-order valence-corrected chi connectivity index (χ0v) is 22.8. The number of fused-ring (bicyclic) bond motifs is 2. The Balaban J connectivity index is 1.29. The number of benzene rings is 3. The number of hydrogen-bond acceptors (Lipinski definition) is 6. The van der Waals surface area contributed by atoms with Gasteiger partial charge >= 0.3 is 5.97 Å². The lowest BCUT2D eigenvalue weighted by Gasteiger charge is -2.16. The number of nitrogens with zero attached hydrogens (tertiary/aromatic N) is 2. The number of aromatic nitrogens is 1.